The minimum atomic E-state index is -1.10. The molecule has 5 aliphatic rings. The SMILES string of the molecule is CCCCC[C@H](C(=O)CCc1cc2c(cc1O)OC#CC1(CCCC1)[C@@H]1C#C[C@H](O)c3ccc(C(N)N)cc3CC3=CN=C4C[NH+](C=C34)[C@@H]1O2)[C@H](O)C[C@H](O)CCC. The number of aryl methyl sites for hydroxylation is 1. The van der Waals surface area contributed by atoms with Crippen molar-refractivity contribution in [2.24, 2.45) is 33.7 Å². The number of carbonyl (C=O) groups excluding carboxylic acids is 1. The third-order valence-corrected chi connectivity index (χ3v) is 12.7. The number of nitrogens with zero attached hydrogens (tertiary/aromatic N) is 1. The van der Waals surface area contributed by atoms with Crippen molar-refractivity contribution in [3.05, 3.63) is 76.1 Å². The first-order chi connectivity index (χ1) is 28.0. The van der Waals surface area contributed by atoms with Crippen LogP contribution >= 0.6 is 0 Å². The summed E-state index contributed by atoms with van der Waals surface area (Å²) >= 11 is 0. The summed E-state index contributed by atoms with van der Waals surface area (Å²) in [5.41, 5.74) is 17.4. The zero-order chi connectivity index (χ0) is 41.0. The van der Waals surface area contributed by atoms with Gasteiger partial charge in [-0.1, -0.05) is 88.3 Å². The van der Waals surface area contributed by atoms with Gasteiger partial charge in [-0.2, -0.15) is 0 Å². The van der Waals surface area contributed by atoms with Crippen LogP contribution in [0.2, 0.25) is 0 Å². The zero-order valence-corrected chi connectivity index (χ0v) is 33.8. The Balaban J connectivity index is 1.23. The topological polar surface area (TPSA) is 185 Å². The fourth-order valence-corrected chi connectivity index (χ4v) is 9.44. The number of phenols is 1. The number of fused-ring (bicyclic) bond motifs is 6. The smallest absolute Gasteiger partial charge is 0.252 e. The summed E-state index contributed by atoms with van der Waals surface area (Å²) in [6.07, 6.45) is 12.2. The van der Waals surface area contributed by atoms with Gasteiger partial charge in [-0.05, 0) is 72.4 Å². The molecule has 2 aromatic rings. The van der Waals surface area contributed by atoms with Crippen LogP contribution in [0.3, 0.4) is 0 Å². The number of rotatable bonds is 14. The highest BCUT2D eigenvalue weighted by Gasteiger charge is 2.51. The van der Waals surface area contributed by atoms with E-state index in [2.05, 4.69) is 37.0 Å². The predicted octanol–water partition coefficient (Wildman–Crippen LogP) is 4.57. The number of ketones is 1. The quantitative estimate of drug-likeness (QED) is 0.0819. The summed E-state index contributed by atoms with van der Waals surface area (Å²) in [4.78, 5) is 19.6. The van der Waals surface area contributed by atoms with Crippen LogP contribution in [-0.4, -0.2) is 56.9 Å². The zero-order valence-electron chi connectivity index (χ0n) is 33.8. The Morgan fingerprint density at radius 1 is 1.05 bits per heavy atom. The minimum absolute atomic E-state index is 0.0434. The molecule has 1 saturated carbocycles. The molecule has 308 valence electrons. The molecule has 11 heteroatoms. The fourth-order valence-electron chi connectivity index (χ4n) is 9.44. The molecule has 7 atom stereocenters. The number of aliphatic hydroxyl groups is 3. The summed E-state index contributed by atoms with van der Waals surface area (Å²) in [5.74, 6) is 9.63. The maximum Gasteiger partial charge on any atom is 0.252 e. The molecular weight excluding hydrogens is 733 g/mol. The van der Waals surface area contributed by atoms with Gasteiger partial charge in [-0.3, -0.25) is 14.7 Å². The van der Waals surface area contributed by atoms with Crippen LogP contribution < -0.4 is 25.8 Å². The minimum Gasteiger partial charge on any atom is -0.508 e. The maximum absolute atomic E-state index is 13.8. The largest absolute Gasteiger partial charge is 0.508 e. The number of nitrogens with two attached hydrogens (primary N) is 2. The van der Waals surface area contributed by atoms with Gasteiger partial charge in [0.05, 0.1) is 29.4 Å². The average Bonchev–Trinajstić information content (AvgIpc) is 3.94. The monoisotopic (exact) mass is 791 g/mol. The van der Waals surface area contributed by atoms with Gasteiger partial charge in [0.25, 0.3) is 6.23 Å². The molecule has 0 aromatic heterocycles. The first-order valence-electron chi connectivity index (χ1n) is 21.3. The Morgan fingerprint density at radius 3 is 2.62 bits per heavy atom. The number of aromatic hydroxyl groups is 1. The van der Waals surface area contributed by atoms with E-state index in [4.69, 9.17) is 25.9 Å². The van der Waals surface area contributed by atoms with Crippen molar-refractivity contribution in [1.82, 2.24) is 0 Å². The van der Waals surface area contributed by atoms with Gasteiger partial charge in [-0.25, -0.2) is 0 Å². The Morgan fingerprint density at radius 2 is 1.86 bits per heavy atom. The molecule has 4 aliphatic heterocycles. The summed E-state index contributed by atoms with van der Waals surface area (Å²) in [6.45, 7) is 4.63. The fraction of sp³-hybridized carbons (Fsp3) is 0.532. The molecule has 1 spiro atoms. The molecule has 1 fully saturated rings. The number of ether oxygens (including phenoxy) is 2. The highest BCUT2D eigenvalue weighted by molar-refractivity contribution is 6.08. The lowest BCUT2D eigenvalue weighted by atomic mass is 9.73. The van der Waals surface area contributed by atoms with Gasteiger partial charge < -0.3 is 41.4 Å². The van der Waals surface area contributed by atoms with E-state index in [1.807, 2.05) is 31.3 Å². The number of quaternary nitrogens is 1. The summed E-state index contributed by atoms with van der Waals surface area (Å²) in [6, 6.07) is 8.88. The third-order valence-electron chi connectivity index (χ3n) is 12.7. The van der Waals surface area contributed by atoms with E-state index in [0.29, 0.717) is 42.7 Å². The van der Waals surface area contributed by atoms with Crippen LogP contribution in [0, 0.1) is 41.1 Å². The molecule has 58 heavy (non-hydrogen) atoms. The number of unbranched alkanes of at least 4 members (excludes halogenated alkanes) is 2. The first kappa shape index (κ1) is 41.7. The van der Waals surface area contributed by atoms with Crippen molar-refractivity contribution in [2.45, 2.75) is 134 Å². The number of aliphatic hydroxyl groups excluding tert-OH is 3. The predicted molar refractivity (Wildman–Crippen MR) is 221 cm³/mol. The van der Waals surface area contributed by atoms with Crippen molar-refractivity contribution in [1.29, 1.82) is 0 Å². The highest BCUT2D eigenvalue weighted by atomic mass is 16.5. The number of phenolic OH excluding ortho intramolecular Hbond substituents is 1. The molecule has 2 bridgehead atoms. The van der Waals surface area contributed by atoms with Crippen molar-refractivity contribution >= 4 is 11.5 Å². The Bertz CT molecular complexity index is 2080. The van der Waals surface area contributed by atoms with Crippen LogP contribution in [0.15, 0.2) is 58.9 Å². The molecule has 0 radical (unpaired) electrons. The van der Waals surface area contributed by atoms with Gasteiger partial charge in [0.2, 0.25) is 0 Å². The van der Waals surface area contributed by atoms with Crippen molar-refractivity contribution in [3.8, 4) is 41.1 Å². The van der Waals surface area contributed by atoms with Crippen molar-refractivity contribution in [2.75, 3.05) is 6.54 Å². The van der Waals surface area contributed by atoms with Crippen molar-refractivity contribution < 1.29 is 39.6 Å². The van der Waals surface area contributed by atoms with Crippen LogP contribution in [0.25, 0.3) is 0 Å². The normalized spacial score (nSPS) is 24.1. The molecule has 9 N–H and O–H groups in total. The second-order valence-corrected chi connectivity index (χ2v) is 16.8. The summed E-state index contributed by atoms with van der Waals surface area (Å²) in [5, 5.41) is 44.6. The average molecular weight is 792 g/mol. The van der Waals surface area contributed by atoms with Crippen LogP contribution in [-0.2, 0) is 17.6 Å². The number of allylic oxidation sites excluding steroid dienone is 1. The number of hydrogen-bond acceptors (Lipinski definition) is 10. The Kier molecular flexibility index (Phi) is 13.1. The van der Waals surface area contributed by atoms with E-state index in [-0.39, 0.29) is 36.5 Å². The second kappa shape index (κ2) is 18.2. The Hall–Kier alpha value is -4.46. The van der Waals surface area contributed by atoms with Gasteiger partial charge in [0, 0.05) is 31.0 Å². The molecule has 7 rings (SSSR count). The van der Waals surface area contributed by atoms with E-state index >= 15 is 0 Å². The third kappa shape index (κ3) is 8.91. The number of benzene rings is 2. The maximum atomic E-state index is 13.8. The van der Waals surface area contributed by atoms with E-state index in [1.54, 1.807) is 6.07 Å². The molecular formula is C47H59N4O7+. The lowest BCUT2D eigenvalue weighted by molar-refractivity contribution is -0.888. The molecule has 1 aliphatic carbocycles. The molecule has 1 unspecified atom stereocenters. The standard InChI is InChI=1S/C47H58N4O7/c1-3-5-6-10-35(42(56)24-33(52)9-4-2)40(54)15-12-29-23-44-43(25-41(29)55)57-20-19-47(17-7-8-18-47)37-14-16-39(53)34-13-11-30(45(48)49)21-31(34)22-32-26-50-38-28-51(27-36(32)38)46(37)58-44/h11,13,21,23,25-27,33,35,37,39,42,45-46,52-53,55-56H,3-10,12,15,17-18,22,24,28,48-49H2,1-2H3/p+1/t33-,35-,37-,39+,42-,46-/m1/s1. The molecule has 2 aromatic carbocycles. The molecule has 4 heterocycles. The lowest BCUT2D eigenvalue weighted by Crippen LogP contribution is -3.13. The van der Waals surface area contributed by atoms with Gasteiger partial charge in [-0.15, -0.1) is 0 Å². The van der Waals surface area contributed by atoms with Crippen molar-refractivity contribution in [3.63, 3.8) is 0 Å². The molecule has 0 amide bonds. The summed E-state index contributed by atoms with van der Waals surface area (Å²) in [7, 11) is 0. The van der Waals surface area contributed by atoms with E-state index < -0.39 is 48.0 Å². The number of carbonyl (C=O) groups is 1. The molecule has 11 nitrogen and oxygen atoms in total. The number of aliphatic imine (C=N–C) groups is 1. The molecule has 0 saturated heterocycles. The van der Waals surface area contributed by atoms with Crippen LogP contribution in [0.4, 0.5) is 0 Å². The number of hydrogen-bond donors (Lipinski definition) is 7. The second-order valence-electron chi connectivity index (χ2n) is 16.8. The van der Waals surface area contributed by atoms with E-state index in [9.17, 15) is 25.2 Å². The van der Waals surface area contributed by atoms with Crippen LogP contribution in [0.1, 0.15) is 125 Å². The van der Waals surface area contributed by atoms with Gasteiger partial charge in [0.15, 0.2) is 11.5 Å². The van der Waals surface area contributed by atoms with E-state index in [1.165, 1.54) is 6.07 Å². The van der Waals surface area contributed by atoms with Gasteiger partial charge in [0.1, 0.15) is 48.1 Å². The van der Waals surface area contributed by atoms with E-state index in [0.717, 1.165) is 84.3 Å². The highest BCUT2D eigenvalue weighted by Crippen LogP contribution is 2.47. The number of nitrogens with one attached hydrogen (secondary N) is 1. The summed E-state index contributed by atoms with van der Waals surface area (Å²) < 4.78 is 13.2. The van der Waals surface area contributed by atoms with Crippen LogP contribution in [0.5, 0.6) is 17.2 Å². The lowest BCUT2D eigenvalue weighted by Gasteiger charge is -2.36. The number of Topliss-reactive ketones (excluding diaryl/α,β-unsaturated/α-hetero) is 1. The van der Waals surface area contributed by atoms with Gasteiger partial charge >= 0.3 is 0 Å². The Labute approximate surface area is 342 Å². The first-order valence-corrected chi connectivity index (χ1v) is 21.3.